The molecule has 1 fully saturated rings. The van der Waals surface area contributed by atoms with Crippen LogP contribution in [0.3, 0.4) is 0 Å². The fourth-order valence-corrected chi connectivity index (χ4v) is 2.16. The van der Waals surface area contributed by atoms with Crippen LogP contribution in [-0.4, -0.2) is 55.8 Å². The molecular formula is C13H29IN4O. The summed E-state index contributed by atoms with van der Waals surface area (Å²) in [7, 11) is 1.69. The van der Waals surface area contributed by atoms with Crippen LogP contribution in [0.4, 0.5) is 0 Å². The quantitative estimate of drug-likeness (QED) is 0.413. The number of nitrogens with two attached hydrogens (primary N) is 1. The molecule has 1 aliphatic heterocycles. The molecular weight excluding hydrogens is 355 g/mol. The second-order valence-electron chi connectivity index (χ2n) is 5.47. The number of hydrogen-bond acceptors (Lipinski definition) is 3. The number of rotatable bonds is 6. The molecule has 1 heterocycles. The van der Waals surface area contributed by atoms with Gasteiger partial charge in [-0.05, 0) is 39.8 Å². The van der Waals surface area contributed by atoms with E-state index in [0.29, 0.717) is 18.5 Å². The third kappa shape index (κ3) is 6.76. The zero-order valence-corrected chi connectivity index (χ0v) is 14.9. The van der Waals surface area contributed by atoms with Crippen LogP contribution in [0.1, 0.15) is 33.6 Å². The van der Waals surface area contributed by atoms with Gasteiger partial charge in [-0.15, -0.1) is 24.0 Å². The molecule has 6 heteroatoms. The summed E-state index contributed by atoms with van der Waals surface area (Å²) in [5, 5.41) is 3.22. The van der Waals surface area contributed by atoms with Crippen molar-refractivity contribution < 1.29 is 4.74 Å². The van der Waals surface area contributed by atoms with E-state index in [-0.39, 0.29) is 29.6 Å². The fraction of sp³-hybridized carbons (Fsp3) is 0.923. The number of likely N-dealkylation sites (tertiary alicyclic amines) is 1. The van der Waals surface area contributed by atoms with Crippen molar-refractivity contribution in [3.63, 3.8) is 0 Å². The van der Waals surface area contributed by atoms with Crippen molar-refractivity contribution >= 4 is 29.9 Å². The molecule has 114 valence electrons. The first-order chi connectivity index (χ1) is 8.48. The summed E-state index contributed by atoms with van der Waals surface area (Å²) in [4.78, 5) is 6.80. The number of nitrogens with one attached hydrogen (secondary N) is 1. The molecule has 5 nitrogen and oxygen atoms in total. The fourth-order valence-electron chi connectivity index (χ4n) is 2.16. The second-order valence-corrected chi connectivity index (χ2v) is 5.47. The lowest BCUT2D eigenvalue weighted by atomic mass is 10.1. The van der Waals surface area contributed by atoms with Gasteiger partial charge in [-0.25, -0.2) is 0 Å². The monoisotopic (exact) mass is 384 g/mol. The number of methoxy groups -OCH3 is 1. The van der Waals surface area contributed by atoms with E-state index in [1.807, 2.05) is 13.8 Å². The average Bonchev–Trinajstić information content (AvgIpc) is 2.81. The lowest BCUT2D eigenvalue weighted by Gasteiger charge is -2.23. The number of ether oxygens (including phenoxy) is 1. The lowest BCUT2D eigenvalue weighted by molar-refractivity contribution is 0.0311. The van der Waals surface area contributed by atoms with Crippen molar-refractivity contribution in [1.82, 2.24) is 10.2 Å². The van der Waals surface area contributed by atoms with E-state index in [9.17, 15) is 0 Å². The highest BCUT2D eigenvalue weighted by atomic mass is 127. The van der Waals surface area contributed by atoms with E-state index in [1.165, 1.54) is 19.4 Å². The van der Waals surface area contributed by atoms with E-state index < -0.39 is 0 Å². The first kappa shape index (κ1) is 18.9. The Kier molecular flexibility index (Phi) is 8.93. The molecule has 1 saturated heterocycles. The molecule has 0 aliphatic carbocycles. The van der Waals surface area contributed by atoms with Crippen LogP contribution >= 0.6 is 24.0 Å². The molecule has 1 unspecified atom stereocenters. The number of likely N-dealkylation sites (N-methyl/N-ethyl adjacent to an activating group) is 1. The number of hydrogen-bond donors (Lipinski definition) is 2. The van der Waals surface area contributed by atoms with Crippen LogP contribution in [0.25, 0.3) is 0 Å². The molecule has 0 spiro atoms. The predicted octanol–water partition coefficient (Wildman–Crippen LogP) is 1.42. The van der Waals surface area contributed by atoms with E-state index in [2.05, 4.69) is 22.1 Å². The molecule has 0 radical (unpaired) electrons. The first-order valence-electron chi connectivity index (χ1n) is 6.81. The minimum absolute atomic E-state index is 0. The number of aliphatic imine (C=N–C) groups is 1. The highest BCUT2D eigenvalue weighted by Crippen LogP contribution is 2.15. The third-order valence-corrected chi connectivity index (χ3v) is 3.61. The molecule has 19 heavy (non-hydrogen) atoms. The van der Waals surface area contributed by atoms with Gasteiger partial charge in [0.25, 0.3) is 0 Å². The van der Waals surface area contributed by atoms with E-state index in [1.54, 1.807) is 7.11 Å². The topological polar surface area (TPSA) is 62.9 Å². The van der Waals surface area contributed by atoms with Crippen molar-refractivity contribution in [2.75, 3.05) is 33.3 Å². The van der Waals surface area contributed by atoms with Crippen LogP contribution < -0.4 is 11.1 Å². The minimum atomic E-state index is -0.255. The summed E-state index contributed by atoms with van der Waals surface area (Å²) in [6, 6.07) is 0.596. The van der Waals surface area contributed by atoms with Gasteiger partial charge >= 0.3 is 0 Å². The highest BCUT2D eigenvalue weighted by Gasteiger charge is 2.22. The van der Waals surface area contributed by atoms with Crippen molar-refractivity contribution in [2.45, 2.75) is 45.3 Å². The van der Waals surface area contributed by atoms with Gasteiger partial charge in [0.15, 0.2) is 5.96 Å². The maximum atomic E-state index is 5.87. The number of guanidine groups is 1. The Morgan fingerprint density at radius 2 is 2.21 bits per heavy atom. The normalized spacial score (nSPS) is 21.3. The van der Waals surface area contributed by atoms with Crippen molar-refractivity contribution in [3.8, 4) is 0 Å². The first-order valence-corrected chi connectivity index (χ1v) is 6.81. The summed E-state index contributed by atoms with van der Waals surface area (Å²) in [6.07, 6.45) is 2.53. The van der Waals surface area contributed by atoms with Gasteiger partial charge in [0.2, 0.25) is 0 Å². The summed E-state index contributed by atoms with van der Waals surface area (Å²) >= 11 is 0. The second kappa shape index (κ2) is 8.97. The average molecular weight is 384 g/mol. The van der Waals surface area contributed by atoms with Gasteiger partial charge in [0, 0.05) is 19.7 Å². The van der Waals surface area contributed by atoms with Crippen molar-refractivity contribution in [1.29, 1.82) is 0 Å². The minimum Gasteiger partial charge on any atom is -0.377 e. The molecule has 0 aromatic heterocycles. The van der Waals surface area contributed by atoms with Gasteiger partial charge in [0.1, 0.15) is 0 Å². The van der Waals surface area contributed by atoms with Crippen molar-refractivity contribution in [2.24, 2.45) is 10.7 Å². The molecule has 0 aromatic carbocycles. The number of nitrogens with zero attached hydrogens (tertiary/aromatic N) is 2. The van der Waals surface area contributed by atoms with Gasteiger partial charge in [0.05, 0.1) is 12.1 Å². The third-order valence-electron chi connectivity index (χ3n) is 3.61. The highest BCUT2D eigenvalue weighted by molar-refractivity contribution is 14.0. The standard InChI is InChI=1S/C13H28N4O.HI/c1-5-17-8-6-7-11(17)9-15-12(14)16-10-13(2,3)18-4;/h11H,5-10H2,1-4H3,(H3,14,15,16);1H. The summed E-state index contributed by atoms with van der Waals surface area (Å²) in [6.45, 7) is 9.98. The Bertz CT molecular complexity index is 284. The number of halogens is 1. The molecule has 0 saturated carbocycles. The van der Waals surface area contributed by atoms with E-state index >= 15 is 0 Å². The zero-order chi connectivity index (χ0) is 13.6. The summed E-state index contributed by atoms with van der Waals surface area (Å²) < 4.78 is 5.30. The summed E-state index contributed by atoms with van der Waals surface area (Å²) in [5.74, 6) is 0.517. The van der Waals surface area contributed by atoms with Crippen LogP contribution in [0.15, 0.2) is 4.99 Å². The Morgan fingerprint density at radius 3 is 2.79 bits per heavy atom. The Morgan fingerprint density at radius 1 is 1.53 bits per heavy atom. The predicted molar refractivity (Wildman–Crippen MR) is 91.3 cm³/mol. The smallest absolute Gasteiger partial charge is 0.188 e. The maximum absolute atomic E-state index is 5.87. The molecule has 3 N–H and O–H groups in total. The van der Waals surface area contributed by atoms with Crippen molar-refractivity contribution in [3.05, 3.63) is 0 Å². The molecule has 1 rings (SSSR count). The van der Waals surface area contributed by atoms with Gasteiger partial charge in [-0.3, -0.25) is 9.89 Å². The molecule has 1 atom stereocenters. The van der Waals surface area contributed by atoms with Gasteiger partial charge in [-0.2, -0.15) is 0 Å². The Hall–Kier alpha value is -0.0800. The molecule has 1 aliphatic rings. The Balaban J connectivity index is 0.00000324. The van der Waals surface area contributed by atoms with E-state index in [4.69, 9.17) is 10.5 Å². The van der Waals surface area contributed by atoms with Crippen LogP contribution in [0.2, 0.25) is 0 Å². The van der Waals surface area contributed by atoms with Gasteiger partial charge in [-0.1, -0.05) is 6.92 Å². The molecule has 0 amide bonds. The van der Waals surface area contributed by atoms with Crippen LogP contribution in [0.5, 0.6) is 0 Å². The Labute approximate surface area is 134 Å². The molecule has 0 bridgehead atoms. The molecule has 0 aromatic rings. The van der Waals surface area contributed by atoms with Crippen LogP contribution in [0, 0.1) is 0 Å². The zero-order valence-electron chi connectivity index (χ0n) is 12.6. The van der Waals surface area contributed by atoms with Crippen LogP contribution in [-0.2, 0) is 4.74 Å². The largest absolute Gasteiger partial charge is 0.377 e. The summed E-state index contributed by atoms with van der Waals surface area (Å²) in [5.41, 5.74) is 5.61. The SMILES string of the molecule is CCN1CCCC1CNC(N)=NCC(C)(C)OC.I. The van der Waals surface area contributed by atoms with E-state index in [0.717, 1.165) is 13.1 Å². The lowest BCUT2D eigenvalue weighted by Crippen LogP contribution is -2.43. The maximum Gasteiger partial charge on any atom is 0.188 e. The van der Waals surface area contributed by atoms with Gasteiger partial charge < -0.3 is 15.8 Å².